The lowest BCUT2D eigenvalue weighted by atomic mass is 10.1. The van der Waals surface area contributed by atoms with Gasteiger partial charge in [-0.2, -0.15) is 4.31 Å². The average Bonchev–Trinajstić information content (AvgIpc) is 2.76. The third-order valence-corrected chi connectivity index (χ3v) is 7.12. The molecule has 0 saturated carbocycles. The molecule has 1 aliphatic heterocycles. The Morgan fingerprint density at radius 1 is 1.21 bits per heavy atom. The van der Waals surface area contributed by atoms with E-state index in [2.05, 4.69) is 0 Å². The fraction of sp³-hybridized carbons (Fsp3) is 0.526. The second-order valence-electron chi connectivity index (χ2n) is 7.68. The molecule has 13 nitrogen and oxygen atoms in total. The van der Waals surface area contributed by atoms with E-state index in [1.165, 1.54) is 27.2 Å². The molecule has 0 aliphatic carbocycles. The van der Waals surface area contributed by atoms with Crippen LogP contribution in [0.5, 0.6) is 0 Å². The summed E-state index contributed by atoms with van der Waals surface area (Å²) in [4.78, 5) is 47.5. The van der Waals surface area contributed by atoms with Gasteiger partial charge in [0.15, 0.2) is 0 Å². The summed E-state index contributed by atoms with van der Waals surface area (Å²) < 4.78 is 32.2. The summed E-state index contributed by atoms with van der Waals surface area (Å²) >= 11 is 0. The molecular weight excluding hydrogens is 460 g/mol. The molecule has 1 aromatic carbocycles. The molecule has 0 unspecified atom stereocenters. The second kappa shape index (κ2) is 10.7. The van der Waals surface area contributed by atoms with Crippen LogP contribution in [0.25, 0.3) is 0 Å². The number of amides is 1. The quantitative estimate of drug-likeness (QED) is 0.229. The number of nitro groups is 1. The number of aliphatic carboxylic acids is 1. The van der Waals surface area contributed by atoms with Crippen molar-refractivity contribution in [1.82, 2.24) is 14.1 Å². The Bertz CT molecular complexity index is 1030. The van der Waals surface area contributed by atoms with Gasteiger partial charge in [-0.15, -0.1) is 0 Å². The summed E-state index contributed by atoms with van der Waals surface area (Å²) in [6, 6.07) is 3.46. The van der Waals surface area contributed by atoms with E-state index in [4.69, 9.17) is 9.84 Å². The van der Waals surface area contributed by atoms with Crippen molar-refractivity contribution >= 4 is 33.6 Å². The van der Waals surface area contributed by atoms with E-state index in [0.29, 0.717) is 32.5 Å². The Morgan fingerprint density at radius 2 is 1.82 bits per heavy atom. The lowest BCUT2D eigenvalue weighted by molar-refractivity contribution is -0.385. The molecule has 0 atom stereocenters. The van der Waals surface area contributed by atoms with E-state index in [0.717, 1.165) is 21.3 Å². The molecule has 1 saturated heterocycles. The monoisotopic (exact) mass is 486 g/mol. The van der Waals surface area contributed by atoms with Crippen LogP contribution in [0.15, 0.2) is 23.1 Å². The van der Waals surface area contributed by atoms with Crippen molar-refractivity contribution in [3.63, 3.8) is 0 Å². The van der Waals surface area contributed by atoms with Gasteiger partial charge >= 0.3 is 11.9 Å². The van der Waals surface area contributed by atoms with Crippen LogP contribution in [0.4, 0.5) is 5.69 Å². The topological polar surface area (TPSA) is 168 Å². The van der Waals surface area contributed by atoms with Gasteiger partial charge in [-0.3, -0.25) is 14.9 Å². The van der Waals surface area contributed by atoms with Crippen LogP contribution in [0.2, 0.25) is 0 Å². The van der Waals surface area contributed by atoms with Gasteiger partial charge in [-0.05, 0) is 18.9 Å². The first-order valence-electron chi connectivity index (χ1n) is 9.98. The predicted octanol–water partition coefficient (Wildman–Crippen LogP) is 0.00930. The Balaban J connectivity index is 2.11. The number of nitrogens with zero attached hydrogens (tertiary/aromatic N) is 4. The molecule has 0 bridgehead atoms. The minimum atomic E-state index is -4.22. The fourth-order valence-corrected chi connectivity index (χ4v) is 4.71. The van der Waals surface area contributed by atoms with Crippen molar-refractivity contribution < 1.29 is 37.6 Å². The van der Waals surface area contributed by atoms with E-state index >= 15 is 0 Å². The molecule has 1 fully saturated rings. The number of hydrogen-bond donors (Lipinski definition) is 1. The molecular formula is C19H26N4O9S. The number of carbonyl (C=O) groups excluding carboxylic acids is 2. The SMILES string of the molecule is CN(C)C(=O)c1c([N+](=O)[O-])cccc1S(=O)(=O)N(C)CCN1CCC(OC(=O)C(=O)O)CC1. The van der Waals surface area contributed by atoms with Gasteiger partial charge in [-0.1, -0.05) is 6.07 Å². The zero-order valence-corrected chi connectivity index (χ0v) is 19.3. The number of sulfonamides is 1. The molecule has 33 heavy (non-hydrogen) atoms. The number of esters is 1. The van der Waals surface area contributed by atoms with E-state index in [1.807, 2.05) is 4.90 Å². The number of carbonyl (C=O) groups is 3. The van der Waals surface area contributed by atoms with E-state index in [-0.39, 0.29) is 6.54 Å². The summed E-state index contributed by atoms with van der Waals surface area (Å²) in [7, 11) is -0.159. The Labute approximate surface area is 190 Å². The maximum atomic E-state index is 13.2. The third-order valence-electron chi connectivity index (χ3n) is 5.22. The number of carboxylic acids is 1. The van der Waals surface area contributed by atoms with Gasteiger partial charge in [0.2, 0.25) is 10.0 Å². The van der Waals surface area contributed by atoms with E-state index in [1.54, 1.807) is 0 Å². The average molecular weight is 487 g/mol. The fourth-order valence-electron chi connectivity index (χ4n) is 3.35. The lowest BCUT2D eigenvalue weighted by Gasteiger charge is -2.32. The van der Waals surface area contributed by atoms with Crippen molar-refractivity contribution in [3.8, 4) is 0 Å². The highest BCUT2D eigenvalue weighted by Crippen LogP contribution is 2.29. The summed E-state index contributed by atoms with van der Waals surface area (Å²) in [6.07, 6.45) is 0.291. The van der Waals surface area contributed by atoms with Crippen molar-refractivity contribution in [2.24, 2.45) is 0 Å². The molecule has 0 radical (unpaired) electrons. The Kier molecular flexibility index (Phi) is 8.46. The summed E-state index contributed by atoms with van der Waals surface area (Å²) in [6.45, 7) is 1.29. The number of benzene rings is 1. The van der Waals surface area contributed by atoms with Crippen LogP contribution in [0.1, 0.15) is 23.2 Å². The van der Waals surface area contributed by atoms with Crippen molar-refractivity contribution in [3.05, 3.63) is 33.9 Å². The first kappa shape index (κ1) is 26.2. The number of hydrogen-bond acceptors (Lipinski definition) is 9. The Hall–Kier alpha value is -3.10. The zero-order valence-electron chi connectivity index (χ0n) is 18.5. The highest BCUT2D eigenvalue weighted by molar-refractivity contribution is 7.89. The number of likely N-dealkylation sites (tertiary alicyclic amines) is 1. The van der Waals surface area contributed by atoms with Gasteiger partial charge in [0.1, 0.15) is 16.6 Å². The standard InChI is InChI=1S/C19H26N4O9S/c1-20(2)17(24)16-14(23(28)29)5-4-6-15(16)33(30,31)21(3)11-12-22-9-7-13(8-10-22)32-19(27)18(25)26/h4-6,13H,7-12H2,1-3H3,(H,25,26). The summed E-state index contributed by atoms with van der Waals surface area (Å²) in [5, 5.41) is 20.0. The molecule has 1 aromatic rings. The van der Waals surface area contributed by atoms with E-state index < -0.39 is 55.0 Å². The largest absolute Gasteiger partial charge is 0.473 e. The maximum Gasteiger partial charge on any atom is 0.417 e. The molecule has 0 aromatic heterocycles. The van der Waals surface area contributed by atoms with Crippen LogP contribution in [-0.4, -0.2) is 104 Å². The predicted molar refractivity (Wildman–Crippen MR) is 114 cm³/mol. The van der Waals surface area contributed by atoms with Crippen LogP contribution in [-0.2, 0) is 24.3 Å². The van der Waals surface area contributed by atoms with Gasteiger partial charge in [0.05, 0.1) is 4.92 Å². The van der Waals surface area contributed by atoms with Crippen LogP contribution >= 0.6 is 0 Å². The number of rotatable bonds is 8. The van der Waals surface area contributed by atoms with Crippen LogP contribution in [0.3, 0.4) is 0 Å². The smallest absolute Gasteiger partial charge is 0.417 e. The minimum Gasteiger partial charge on any atom is -0.473 e. The second-order valence-corrected chi connectivity index (χ2v) is 9.70. The molecule has 0 spiro atoms. The zero-order chi connectivity index (χ0) is 24.9. The van der Waals surface area contributed by atoms with Crippen LogP contribution < -0.4 is 0 Å². The van der Waals surface area contributed by atoms with Crippen molar-refractivity contribution in [2.45, 2.75) is 23.8 Å². The highest BCUT2D eigenvalue weighted by Gasteiger charge is 2.34. The van der Waals surface area contributed by atoms with Gasteiger partial charge in [0.25, 0.3) is 11.6 Å². The molecule has 1 N–H and O–H groups in total. The summed E-state index contributed by atoms with van der Waals surface area (Å²) in [5.74, 6) is -3.76. The highest BCUT2D eigenvalue weighted by atomic mass is 32.2. The van der Waals surface area contributed by atoms with Crippen LogP contribution in [0, 0.1) is 10.1 Å². The molecule has 14 heteroatoms. The number of nitro benzene ring substituents is 1. The molecule has 182 valence electrons. The lowest BCUT2D eigenvalue weighted by Crippen LogP contribution is -2.43. The molecule has 1 aliphatic rings. The molecule has 1 amide bonds. The van der Waals surface area contributed by atoms with Gasteiger partial charge < -0.3 is 19.6 Å². The number of likely N-dealkylation sites (N-methyl/N-ethyl adjacent to an activating group) is 1. The maximum absolute atomic E-state index is 13.2. The van der Waals surface area contributed by atoms with Crippen molar-refractivity contribution in [2.75, 3.05) is 47.3 Å². The molecule has 1 heterocycles. The Morgan fingerprint density at radius 3 is 2.33 bits per heavy atom. The first-order chi connectivity index (χ1) is 15.4. The minimum absolute atomic E-state index is 0.0419. The number of ether oxygens (including phenoxy) is 1. The number of carboxylic acid groups (broad SMARTS) is 1. The van der Waals surface area contributed by atoms with Crippen molar-refractivity contribution in [1.29, 1.82) is 0 Å². The summed E-state index contributed by atoms with van der Waals surface area (Å²) in [5.41, 5.74) is -1.10. The first-order valence-corrected chi connectivity index (χ1v) is 11.4. The molecule has 2 rings (SSSR count). The van der Waals surface area contributed by atoms with E-state index in [9.17, 15) is 32.9 Å². The third kappa shape index (κ3) is 6.24. The van der Waals surface area contributed by atoms with Gasteiger partial charge in [0, 0.05) is 53.4 Å². The van der Waals surface area contributed by atoms with Gasteiger partial charge in [-0.25, -0.2) is 18.0 Å². The normalized spacial score (nSPS) is 15.3. The number of piperidine rings is 1.